The van der Waals surface area contributed by atoms with E-state index in [1.807, 2.05) is 0 Å². The van der Waals surface area contributed by atoms with Crippen LogP contribution >= 0.6 is 15.9 Å². The molecule has 1 aliphatic rings. The van der Waals surface area contributed by atoms with Crippen LogP contribution in [0.25, 0.3) is 0 Å². The molecule has 1 saturated carbocycles. The Morgan fingerprint density at radius 3 is 2.61 bits per heavy atom. The molecular weight excluding hydrogens is 463 g/mol. The summed E-state index contributed by atoms with van der Waals surface area (Å²) < 4.78 is 67.9. The van der Waals surface area contributed by atoms with E-state index >= 15 is 0 Å². The Morgan fingerprint density at radius 2 is 2.04 bits per heavy atom. The van der Waals surface area contributed by atoms with E-state index < -0.39 is 62.1 Å². The minimum atomic E-state index is -4.20. The lowest BCUT2D eigenvalue weighted by molar-refractivity contribution is -0.144. The Hall–Kier alpha value is -1.88. The number of nitrogens with zero attached hydrogens (tertiary/aromatic N) is 2. The molecule has 1 fully saturated rings. The van der Waals surface area contributed by atoms with Gasteiger partial charge in [0.25, 0.3) is 5.91 Å². The van der Waals surface area contributed by atoms with Gasteiger partial charge in [0, 0.05) is 38.0 Å². The Balaban J connectivity index is 1.86. The molecule has 11 heteroatoms. The van der Waals surface area contributed by atoms with E-state index in [1.54, 1.807) is 0 Å². The smallest absolute Gasteiger partial charge is 0.275 e. The molecule has 0 radical (unpaired) electrons. The number of alkyl halides is 2. The zero-order valence-electron chi connectivity index (χ0n) is 15.0. The second-order valence-electron chi connectivity index (χ2n) is 7.37. The molecule has 152 valence electrons. The van der Waals surface area contributed by atoms with Crippen molar-refractivity contribution in [3.8, 4) is 0 Å². The summed E-state index contributed by atoms with van der Waals surface area (Å²) in [6.07, 6.45) is 1.27. The lowest BCUT2D eigenvalue weighted by atomic mass is 9.69. The number of hydrogen-bond donors (Lipinski definition) is 1. The summed E-state index contributed by atoms with van der Waals surface area (Å²) in [5.74, 6) is -5.57. The number of sulfone groups is 1. The van der Waals surface area contributed by atoms with E-state index in [-0.39, 0.29) is 0 Å². The largest absolute Gasteiger partial charge is 0.343 e. The molecule has 2 aromatic rings. The predicted octanol–water partition coefficient (Wildman–Crippen LogP) is 3.78. The highest BCUT2D eigenvalue weighted by atomic mass is 79.9. The highest BCUT2D eigenvalue weighted by Crippen LogP contribution is 2.52. The van der Waals surface area contributed by atoms with Gasteiger partial charge in [0.1, 0.15) is 15.2 Å². The molecule has 0 spiro atoms. The predicted molar refractivity (Wildman–Crippen MR) is 99.6 cm³/mol. The summed E-state index contributed by atoms with van der Waals surface area (Å²) in [6.45, 7) is 1.43. The number of nitrogens with one attached hydrogen (secondary N) is 1. The van der Waals surface area contributed by atoms with Crippen molar-refractivity contribution in [1.82, 2.24) is 9.55 Å². The van der Waals surface area contributed by atoms with Crippen LogP contribution in [-0.4, -0.2) is 35.6 Å². The van der Waals surface area contributed by atoms with Gasteiger partial charge in [-0.05, 0) is 33.5 Å². The van der Waals surface area contributed by atoms with Crippen molar-refractivity contribution in [2.75, 3.05) is 11.1 Å². The van der Waals surface area contributed by atoms with Gasteiger partial charge in [-0.25, -0.2) is 26.6 Å². The number of hydrogen-bond acceptors (Lipinski definition) is 4. The molecule has 2 heterocycles. The summed E-state index contributed by atoms with van der Waals surface area (Å²) >= 11 is 3.14. The first kappa shape index (κ1) is 20.8. The zero-order valence-corrected chi connectivity index (χ0v) is 17.4. The molecule has 1 N–H and O–H groups in total. The van der Waals surface area contributed by atoms with Crippen LogP contribution in [0.1, 0.15) is 30.3 Å². The van der Waals surface area contributed by atoms with Gasteiger partial charge in [-0.15, -0.1) is 0 Å². The topological polar surface area (TPSA) is 81.1 Å². The summed E-state index contributed by atoms with van der Waals surface area (Å²) in [5, 5.41) is 2.46. The van der Waals surface area contributed by atoms with Gasteiger partial charge in [-0.2, -0.15) is 0 Å². The van der Waals surface area contributed by atoms with Gasteiger partial charge in [-0.1, -0.05) is 6.92 Å². The van der Waals surface area contributed by atoms with Crippen molar-refractivity contribution in [3.63, 3.8) is 0 Å². The summed E-state index contributed by atoms with van der Waals surface area (Å²) in [7, 11) is -2.87. The number of aryl methyl sites for hydroxylation is 1. The van der Waals surface area contributed by atoms with Crippen molar-refractivity contribution < 1.29 is 26.4 Å². The summed E-state index contributed by atoms with van der Waals surface area (Å²) in [4.78, 5) is 15.7. The van der Waals surface area contributed by atoms with Gasteiger partial charge < -0.3 is 9.88 Å². The van der Waals surface area contributed by atoms with Crippen molar-refractivity contribution in [2.45, 2.75) is 30.6 Å². The zero-order chi connectivity index (χ0) is 20.9. The number of aromatic nitrogens is 2. The van der Waals surface area contributed by atoms with Crippen molar-refractivity contribution in [3.05, 3.63) is 40.6 Å². The molecule has 28 heavy (non-hydrogen) atoms. The molecule has 0 bridgehead atoms. The van der Waals surface area contributed by atoms with E-state index in [1.165, 1.54) is 32.3 Å². The third kappa shape index (κ3) is 4.09. The Kier molecular flexibility index (Phi) is 5.11. The van der Waals surface area contributed by atoms with Crippen LogP contribution in [0.5, 0.6) is 0 Å². The van der Waals surface area contributed by atoms with Crippen LogP contribution in [0, 0.1) is 11.2 Å². The first-order valence-electron chi connectivity index (χ1n) is 8.20. The van der Waals surface area contributed by atoms with Gasteiger partial charge in [-0.3, -0.25) is 4.79 Å². The normalized spacial score (nSPS) is 17.8. The summed E-state index contributed by atoms with van der Waals surface area (Å²) in [6, 6.07) is 2.98. The average molecular weight is 480 g/mol. The number of rotatable bonds is 5. The number of halogens is 4. The lowest BCUT2D eigenvalue weighted by Crippen LogP contribution is -2.47. The fourth-order valence-electron chi connectivity index (χ4n) is 3.55. The second-order valence-corrected chi connectivity index (χ2v) is 10.1. The van der Waals surface area contributed by atoms with Crippen LogP contribution in [0.3, 0.4) is 0 Å². The maximum atomic E-state index is 14.8. The standard InChI is InChI=1S/C17H17BrF3N3O3S/c1-16(7-17(20,21)8-16)9-28(26,27)11-6-24(2)14(13(11)19)15(25)23-10-3-4-22-12(18)5-10/h3-6H,7-9H2,1-2H3,(H,22,23,25). The van der Waals surface area contributed by atoms with Crippen LogP contribution in [0.4, 0.5) is 18.9 Å². The van der Waals surface area contributed by atoms with E-state index in [4.69, 9.17) is 0 Å². The SMILES string of the molecule is Cn1cc(S(=O)(=O)CC2(C)CC(F)(F)C2)c(F)c1C(=O)Nc1ccnc(Br)c1. The minimum absolute atomic E-state index is 0.334. The highest BCUT2D eigenvalue weighted by molar-refractivity contribution is 9.10. The van der Waals surface area contributed by atoms with Crippen molar-refractivity contribution >= 4 is 37.4 Å². The maximum absolute atomic E-state index is 14.8. The number of anilines is 1. The Bertz CT molecular complexity index is 1050. The van der Waals surface area contributed by atoms with Crippen molar-refractivity contribution in [2.24, 2.45) is 12.5 Å². The summed E-state index contributed by atoms with van der Waals surface area (Å²) in [5.41, 5.74) is -1.27. The van der Waals surface area contributed by atoms with E-state index in [2.05, 4.69) is 26.2 Å². The molecule has 6 nitrogen and oxygen atoms in total. The molecule has 1 aliphatic carbocycles. The first-order chi connectivity index (χ1) is 12.8. The Labute approximate surface area is 168 Å². The quantitative estimate of drug-likeness (QED) is 0.661. The van der Waals surface area contributed by atoms with Crippen LogP contribution in [0.15, 0.2) is 34.0 Å². The molecule has 2 aromatic heterocycles. The molecule has 1 amide bonds. The third-order valence-electron chi connectivity index (χ3n) is 4.53. The van der Waals surface area contributed by atoms with Crippen LogP contribution in [0.2, 0.25) is 0 Å². The fourth-order valence-corrected chi connectivity index (χ4v) is 5.88. The van der Waals surface area contributed by atoms with Crippen LogP contribution in [-0.2, 0) is 16.9 Å². The number of carbonyl (C=O) groups is 1. The molecule has 0 aromatic carbocycles. The van der Waals surface area contributed by atoms with Gasteiger partial charge >= 0.3 is 0 Å². The minimum Gasteiger partial charge on any atom is -0.343 e. The van der Waals surface area contributed by atoms with Gasteiger partial charge in [0.2, 0.25) is 5.92 Å². The monoisotopic (exact) mass is 479 g/mol. The van der Waals surface area contributed by atoms with Crippen molar-refractivity contribution in [1.29, 1.82) is 0 Å². The van der Waals surface area contributed by atoms with Gasteiger partial charge in [0.15, 0.2) is 15.7 Å². The number of pyridine rings is 1. The maximum Gasteiger partial charge on any atom is 0.275 e. The first-order valence-corrected chi connectivity index (χ1v) is 10.6. The molecule has 0 aliphatic heterocycles. The molecule has 0 saturated heterocycles. The molecule has 0 unspecified atom stereocenters. The second kappa shape index (κ2) is 6.87. The fraction of sp³-hybridized carbons (Fsp3) is 0.412. The van der Waals surface area contributed by atoms with Crippen LogP contribution < -0.4 is 5.32 Å². The number of amides is 1. The third-order valence-corrected chi connectivity index (χ3v) is 7.00. The van der Waals surface area contributed by atoms with E-state index in [0.717, 1.165) is 10.8 Å². The molecular formula is C17H17BrF3N3O3S. The lowest BCUT2D eigenvalue weighted by Gasteiger charge is -2.44. The number of carbonyl (C=O) groups excluding carboxylic acids is 1. The van der Waals surface area contributed by atoms with Gasteiger partial charge in [0.05, 0.1) is 5.75 Å². The van der Waals surface area contributed by atoms with E-state index in [0.29, 0.717) is 10.3 Å². The highest BCUT2D eigenvalue weighted by Gasteiger charge is 2.55. The Morgan fingerprint density at radius 1 is 1.39 bits per heavy atom. The van der Waals surface area contributed by atoms with E-state index in [9.17, 15) is 26.4 Å². The average Bonchev–Trinajstić information content (AvgIpc) is 2.80. The molecule has 0 atom stereocenters. The molecule has 3 rings (SSSR count).